The molecule has 200 valence electrons. The van der Waals surface area contributed by atoms with Crippen molar-refractivity contribution in [3.8, 4) is 0 Å². The van der Waals surface area contributed by atoms with Crippen molar-refractivity contribution in [3.63, 3.8) is 0 Å². The summed E-state index contributed by atoms with van der Waals surface area (Å²) in [5.41, 5.74) is 7.48. The summed E-state index contributed by atoms with van der Waals surface area (Å²) in [4.78, 5) is 4.83. The number of likely N-dealkylation sites (N-methyl/N-ethyl adjacent to an activating group) is 3. The van der Waals surface area contributed by atoms with E-state index in [1.54, 1.807) is 0 Å². The van der Waals surface area contributed by atoms with Gasteiger partial charge in [0.2, 0.25) is 0 Å². The third-order valence-electron chi connectivity index (χ3n) is 6.81. The Kier molecular flexibility index (Phi) is 17.9. The fourth-order valence-electron chi connectivity index (χ4n) is 5.22. The van der Waals surface area contributed by atoms with Crippen molar-refractivity contribution in [3.05, 3.63) is 0 Å². The van der Waals surface area contributed by atoms with Crippen LogP contribution in [0.4, 0.5) is 0 Å². The first-order valence-electron chi connectivity index (χ1n) is 14.0. The van der Waals surface area contributed by atoms with Gasteiger partial charge in [-0.05, 0) is 66.0 Å². The predicted molar refractivity (Wildman–Crippen MR) is 146 cm³/mol. The van der Waals surface area contributed by atoms with E-state index in [9.17, 15) is 0 Å². The molecule has 0 rings (SSSR count). The average molecular weight is 472 g/mol. The van der Waals surface area contributed by atoms with Crippen LogP contribution in [0, 0.1) is 0 Å². The lowest BCUT2D eigenvalue weighted by atomic mass is 10.0. The Morgan fingerprint density at radius 2 is 1.09 bits per heavy atom. The molecule has 0 bridgehead atoms. The Hall–Kier alpha value is -0.280. The molecule has 0 fully saturated rings. The van der Waals surface area contributed by atoms with Gasteiger partial charge in [-0.15, -0.1) is 0 Å². The van der Waals surface area contributed by atoms with Crippen LogP contribution in [-0.4, -0.2) is 91.8 Å². The summed E-state index contributed by atoms with van der Waals surface area (Å²) < 4.78 is 0. The average Bonchev–Trinajstić information content (AvgIpc) is 2.79. The summed E-state index contributed by atoms with van der Waals surface area (Å²) >= 11 is 0. The topological polar surface area (TPSA) is 63.0 Å². The second kappa shape index (κ2) is 18.1. The van der Waals surface area contributed by atoms with Crippen molar-refractivity contribution in [1.82, 2.24) is 30.5 Å². The third-order valence-corrected chi connectivity index (χ3v) is 6.81. The molecule has 7 heteroatoms. The maximum Gasteiger partial charge on any atom is 0.190 e. The number of nitrogens with one attached hydrogen (secondary N) is 2. The zero-order valence-corrected chi connectivity index (χ0v) is 24.0. The number of nitrogens with two attached hydrogens (primary N) is 1. The molecule has 0 heterocycles. The Balaban J connectivity index is 6.43. The number of hydrogen-bond acceptors (Lipinski definition) is 7. The maximum atomic E-state index is 7.48. The van der Waals surface area contributed by atoms with E-state index in [2.05, 4.69) is 93.1 Å². The number of rotatable bonds is 22. The molecule has 0 spiro atoms. The fraction of sp³-hybridized carbons (Fsp3) is 1.00. The molecule has 0 aromatic carbocycles. The van der Waals surface area contributed by atoms with Crippen molar-refractivity contribution in [2.75, 3.05) is 60.4 Å². The van der Waals surface area contributed by atoms with Gasteiger partial charge in [-0.3, -0.25) is 26.2 Å². The molecule has 33 heavy (non-hydrogen) atoms. The minimum atomic E-state index is -0.809. The molecule has 0 radical (unpaired) electrons. The summed E-state index contributed by atoms with van der Waals surface area (Å²) in [5, 5.41) is 12.6. The van der Waals surface area contributed by atoms with Gasteiger partial charge in [0.05, 0.1) is 0 Å². The van der Waals surface area contributed by atoms with Crippen LogP contribution in [-0.2, 0) is 0 Å². The van der Waals surface area contributed by atoms with E-state index >= 15 is 0 Å². The minimum Gasteiger partial charge on any atom is -0.297 e. The molecule has 0 amide bonds. The summed E-state index contributed by atoms with van der Waals surface area (Å²) in [6.07, 6.45) is 10.7. The standard InChI is InChI=1S/C26H61N7/c1-10-16-18-20-22-29-25(27,28-21-19-17-11-2)26(30(7)8,32(14-5)15-6)31(9)33(23-12-3)24-13-4/h28-29H,10-24,27H2,1-9H3. The normalized spacial score (nSPS) is 16.2. The Labute approximate surface area is 207 Å². The molecular formula is C26H61N7. The van der Waals surface area contributed by atoms with Crippen molar-refractivity contribution in [2.45, 2.75) is 111 Å². The van der Waals surface area contributed by atoms with Crippen LogP contribution in [0.3, 0.4) is 0 Å². The van der Waals surface area contributed by atoms with E-state index in [1.165, 1.54) is 32.1 Å². The Morgan fingerprint density at radius 3 is 1.48 bits per heavy atom. The second-order valence-corrected chi connectivity index (χ2v) is 9.61. The maximum absolute atomic E-state index is 7.48. The lowest BCUT2D eigenvalue weighted by Gasteiger charge is -2.62. The van der Waals surface area contributed by atoms with Crippen molar-refractivity contribution < 1.29 is 0 Å². The second-order valence-electron chi connectivity index (χ2n) is 9.61. The highest BCUT2D eigenvalue weighted by Crippen LogP contribution is 2.32. The summed E-state index contributed by atoms with van der Waals surface area (Å²) in [7, 11) is 6.59. The fourth-order valence-corrected chi connectivity index (χ4v) is 5.22. The van der Waals surface area contributed by atoms with E-state index in [-0.39, 0.29) is 0 Å². The van der Waals surface area contributed by atoms with Gasteiger partial charge < -0.3 is 0 Å². The first-order chi connectivity index (χ1) is 15.8. The van der Waals surface area contributed by atoms with E-state index in [0.717, 1.165) is 65.0 Å². The quantitative estimate of drug-likeness (QED) is 0.125. The summed E-state index contributed by atoms with van der Waals surface area (Å²) in [6, 6.07) is 0. The van der Waals surface area contributed by atoms with Crippen LogP contribution >= 0.6 is 0 Å². The first kappa shape index (κ1) is 32.7. The molecule has 0 saturated heterocycles. The van der Waals surface area contributed by atoms with E-state index < -0.39 is 11.6 Å². The number of hydrazine groups is 1. The van der Waals surface area contributed by atoms with Gasteiger partial charge in [0.25, 0.3) is 0 Å². The largest absolute Gasteiger partial charge is 0.297 e. The highest BCUT2D eigenvalue weighted by atomic mass is 15.8. The van der Waals surface area contributed by atoms with Crippen molar-refractivity contribution in [2.24, 2.45) is 5.73 Å². The lowest BCUT2D eigenvalue weighted by Crippen LogP contribution is -2.90. The number of hydrogen-bond donors (Lipinski definition) is 3. The van der Waals surface area contributed by atoms with Gasteiger partial charge >= 0.3 is 0 Å². The van der Waals surface area contributed by atoms with Gasteiger partial charge in [-0.2, -0.15) is 0 Å². The highest BCUT2D eigenvalue weighted by Gasteiger charge is 2.58. The molecule has 0 saturated carbocycles. The monoisotopic (exact) mass is 471 g/mol. The van der Waals surface area contributed by atoms with E-state index in [0.29, 0.717) is 0 Å². The van der Waals surface area contributed by atoms with Gasteiger partial charge in [0.15, 0.2) is 11.6 Å². The van der Waals surface area contributed by atoms with Crippen LogP contribution in [0.5, 0.6) is 0 Å². The molecule has 0 aliphatic rings. The molecule has 7 nitrogen and oxygen atoms in total. The van der Waals surface area contributed by atoms with Crippen LogP contribution in [0.25, 0.3) is 0 Å². The van der Waals surface area contributed by atoms with Gasteiger partial charge in [-0.25, -0.2) is 10.0 Å². The zero-order chi connectivity index (χ0) is 25.3. The minimum absolute atomic E-state index is 0.572. The van der Waals surface area contributed by atoms with Crippen molar-refractivity contribution in [1.29, 1.82) is 0 Å². The number of nitrogens with zero attached hydrogens (tertiary/aromatic N) is 4. The molecule has 0 aromatic rings. The number of unbranched alkanes of at least 4 members (excludes halogenated alkanes) is 5. The smallest absolute Gasteiger partial charge is 0.190 e. The SMILES string of the molecule is CCCCCCNC(N)(NCCCCC)C(N(C)C)(N(CC)CC)N(C)N(CCC)CCC. The highest BCUT2D eigenvalue weighted by molar-refractivity contribution is 5.04. The summed E-state index contributed by atoms with van der Waals surface area (Å²) in [5.74, 6) is -1.38. The van der Waals surface area contributed by atoms with E-state index in [1.807, 2.05) is 0 Å². The molecule has 0 aliphatic carbocycles. The Morgan fingerprint density at radius 1 is 0.636 bits per heavy atom. The molecule has 2 unspecified atom stereocenters. The predicted octanol–water partition coefficient (Wildman–Crippen LogP) is 4.07. The third kappa shape index (κ3) is 9.02. The molecule has 0 aromatic heterocycles. The van der Waals surface area contributed by atoms with Crippen LogP contribution in [0.1, 0.15) is 99.3 Å². The van der Waals surface area contributed by atoms with Crippen LogP contribution in [0.2, 0.25) is 0 Å². The van der Waals surface area contributed by atoms with Gasteiger partial charge in [-0.1, -0.05) is 73.6 Å². The van der Waals surface area contributed by atoms with Crippen LogP contribution in [0.15, 0.2) is 0 Å². The lowest BCUT2D eigenvalue weighted by molar-refractivity contribution is -0.270. The van der Waals surface area contributed by atoms with Crippen molar-refractivity contribution >= 4 is 0 Å². The molecular weight excluding hydrogens is 410 g/mol. The summed E-state index contributed by atoms with van der Waals surface area (Å²) in [6.45, 7) is 19.2. The molecule has 2 atom stereocenters. The zero-order valence-electron chi connectivity index (χ0n) is 24.0. The molecule has 0 aliphatic heterocycles. The molecule has 4 N–H and O–H groups in total. The Bertz CT molecular complexity index is 452. The first-order valence-corrected chi connectivity index (χ1v) is 14.0. The van der Waals surface area contributed by atoms with E-state index in [4.69, 9.17) is 5.73 Å². The van der Waals surface area contributed by atoms with Gasteiger partial charge in [0.1, 0.15) is 0 Å². The van der Waals surface area contributed by atoms with Crippen LogP contribution < -0.4 is 16.4 Å². The van der Waals surface area contributed by atoms with Gasteiger partial charge in [0, 0.05) is 20.1 Å².